The first-order valence-electron chi connectivity index (χ1n) is 6.05. The third-order valence-corrected chi connectivity index (χ3v) is 2.90. The summed E-state index contributed by atoms with van der Waals surface area (Å²) in [5, 5.41) is 0. The Morgan fingerprint density at radius 3 is 2.79 bits per heavy atom. The third kappa shape index (κ3) is 3.24. The average molecular weight is 264 g/mol. The van der Waals surface area contributed by atoms with Crippen molar-refractivity contribution in [3.8, 4) is 0 Å². The number of benzene rings is 1. The van der Waals surface area contributed by atoms with Gasteiger partial charge in [-0.1, -0.05) is 6.07 Å². The number of carbonyl (C=O) groups excluding carboxylic acids is 1. The molecule has 0 bridgehead atoms. The van der Waals surface area contributed by atoms with Crippen LogP contribution in [0.15, 0.2) is 30.6 Å². The molecule has 0 saturated carbocycles. The topological polar surface area (TPSA) is 34.9 Å². The van der Waals surface area contributed by atoms with Gasteiger partial charge in [-0.15, -0.1) is 0 Å². The van der Waals surface area contributed by atoms with Gasteiger partial charge in [-0.25, -0.2) is 13.8 Å². The summed E-state index contributed by atoms with van der Waals surface area (Å²) >= 11 is 0. The van der Waals surface area contributed by atoms with E-state index < -0.39 is 11.6 Å². The number of Topliss-reactive ketones (excluding diaryl/α,β-unsaturated/α-hetero) is 1. The number of ketones is 1. The number of nitrogens with zero attached hydrogens (tertiary/aromatic N) is 2. The van der Waals surface area contributed by atoms with Gasteiger partial charge in [-0.2, -0.15) is 0 Å². The molecule has 0 unspecified atom stereocenters. The Morgan fingerprint density at radius 2 is 2.11 bits per heavy atom. The van der Waals surface area contributed by atoms with E-state index in [9.17, 15) is 13.6 Å². The molecule has 0 radical (unpaired) electrons. The number of halogens is 2. The predicted octanol–water partition coefficient (Wildman–Crippen LogP) is 2.54. The number of hydrogen-bond donors (Lipinski definition) is 0. The second-order valence-corrected chi connectivity index (χ2v) is 4.26. The van der Waals surface area contributed by atoms with Crippen molar-refractivity contribution >= 4 is 5.78 Å². The van der Waals surface area contributed by atoms with Crippen molar-refractivity contribution < 1.29 is 13.6 Å². The zero-order chi connectivity index (χ0) is 13.8. The lowest BCUT2D eigenvalue weighted by molar-refractivity contribution is -0.118. The molecule has 0 fully saturated rings. The first kappa shape index (κ1) is 13.4. The minimum atomic E-state index is -0.688. The molecule has 5 heteroatoms. The maximum atomic E-state index is 13.4. The van der Waals surface area contributed by atoms with Crippen LogP contribution in [0.25, 0.3) is 0 Å². The maximum absolute atomic E-state index is 13.4. The Labute approximate surface area is 109 Å². The smallest absolute Gasteiger partial charge is 0.144 e. The van der Waals surface area contributed by atoms with Gasteiger partial charge in [0.05, 0.1) is 6.42 Å². The van der Waals surface area contributed by atoms with E-state index in [0.717, 1.165) is 18.7 Å². The molecule has 2 rings (SSSR count). The van der Waals surface area contributed by atoms with Crippen molar-refractivity contribution in [3.63, 3.8) is 0 Å². The summed E-state index contributed by atoms with van der Waals surface area (Å²) in [4.78, 5) is 16.0. The molecular formula is C14H14F2N2O. The van der Waals surface area contributed by atoms with Crippen LogP contribution in [0.3, 0.4) is 0 Å². The normalized spacial score (nSPS) is 10.7. The second kappa shape index (κ2) is 5.73. The van der Waals surface area contributed by atoms with E-state index in [0.29, 0.717) is 5.82 Å². The van der Waals surface area contributed by atoms with Gasteiger partial charge < -0.3 is 4.57 Å². The van der Waals surface area contributed by atoms with E-state index in [2.05, 4.69) is 4.98 Å². The van der Waals surface area contributed by atoms with E-state index in [1.165, 1.54) is 6.07 Å². The molecule has 1 aromatic heterocycles. The molecule has 0 aliphatic heterocycles. The van der Waals surface area contributed by atoms with E-state index >= 15 is 0 Å². The number of rotatable bonds is 5. The van der Waals surface area contributed by atoms with Crippen LogP contribution in [0.1, 0.15) is 18.3 Å². The number of imidazole rings is 1. The summed E-state index contributed by atoms with van der Waals surface area (Å²) in [5.41, 5.74) is 0.209. The fourth-order valence-corrected chi connectivity index (χ4v) is 1.91. The van der Waals surface area contributed by atoms with Gasteiger partial charge in [0, 0.05) is 31.4 Å². The lowest BCUT2D eigenvalue weighted by Crippen LogP contribution is -2.12. The standard InChI is InChI=1S/C14H14F2N2O/c1-2-18-6-5-17-14(18)9-12(19)7-10-3-4-11(15)8-13(10)16/h3-6,8H,2,7,9H2,1H3. The second-order valence-electron chi connectivity index (χ2n) is 4.26. The molecule has 0 atom stereocenters. The van der Waals surface area contributed by atoms with Crippen LogP contribution in [0, 0.1) is 11.6 Å². The summed E-state index contributed by atoms with van der Waals surface area (Å²) in [6.07, 6.45) is 3.52. The van der Waals surface area contributed by atoms with Crippen LogP contribution >= 0.6 is 0 Å². The SMILES string of the molecule is CCn1ccnc1CC(=O)Cc1ccc(F)cc1F. The third-order valence-electron chi connectivity index (χ3n) is 2.90. The number of carbonyl (C=O) groups is 1. The Morgan fingerprint density at radius 1 is 1.32 bits per heavy atom. The van der Waals surface area contributed by atoms with Gasteiger partial charge in [0.25, 0.3) is 0 Å². The van der Waals surface area contributed by atoms with E-state index in [4.69, 9.17) is 0 Å². The first-order valence-corrected chi connectivity index (χ1v) is 6.05. The number of hydrogen-bond acceptors (Lipinski definition) is 2. The fourth-order valence-electron chi connectivity index (χ4n) is 1.91. The van der Waals surface area contributed by atoms with Gasteiger partial charge in [-0.05, 0) is 18.6 Å². The summed E-state index contributed by atoms with van der Waals surface area (Å²) in [5.74, 6) is -0.816. The Kier molecular flexibility index (Phi) is 4.04. The van der Waals surface area contributed by atoms with Crippen LogP contribution in [0.4, 0.5) is 8.78 Å². The van der Waals surface area contributed by atoms with Crippen molar-refractivity contribution in [3.05, 3.63) is 53.6 Å². The number of aryl methyl sites for hydroxylation is 1. The molecule has 0 aliphatic carbocycles. The predicted molar refractivity (Wildman–Crippen MR) is 66.7 cm³/mol. The summed E-state index contributed by atoms with van der Waals surface area (Å²) < 4.78 is 28.0. The van der Waals surface area contributed by atoms with Crippen LogP contribution in [-0.2, 0) is 24.2 Å². The largest absolute Gasteiger partial charge is 0.335 e. The lowest BCUT2D eigenvalue weighted by Gasteiger charge is -2.05. The van der Waals surface area contributed by atoms with Crippen LogP contribution < -0.4 is 0 Å². The lowest BCUT2D eigenvalue weighted by atomic mass is 10.1. The molecule has 0 N–H and O–H groups in total. The summed E-state index contributed by atoms with van der Waals surface area (Å²) in [6, 6.07) is 3.24. The minimum absolute atomic E-state index is 0.0529. The van der Waals surface area contributed by atoms with E-state index in [1.807, 2.05) is 11.5 Å². The quantitative estimate of drug-likeness (QED) is 0.831. The van der Waals surface area contributed by atoms with Crippen LogP contribution in [0.5, 0.6) is 0 Å². The molecule has 0 saturated heterocycles. The number of aromatic nitrogens is 2. The van der Waals surface area contributed by atoms with Crippen molar-refractivity contribution in [2.24, 2.45) is 0 Å². The Bertz CT molecular complexity index is 593. The van der Waals surface area contributed by atoms with Crippen LogP contribution in [-0.4, -0.2) is 15.3 Å². The van der Waals surface area contributed by atoms with Crippen LogP contribution in [0.2, 0.25) is 0 Å². The van der Waals surface area contributed by atoms with Gasteiger partial charge in [0.1, 0.15) is 23.2 Å². The average Bonchev–Trinajstić information content (AvgIpc) is 2.80. The molecule has 0 aliphatic rings. The Balaban J connectivity index is 2.05. The zero-order valence-electron chi connectivity index (χ0n) is 10.6. The van der Waals surface area contributed by atoms with E-state index in [1.54, 1.807) is 12.4 Å². The Hall–Kier alpha value is -2.04. The highest BCUT2D eigenvalue weighted by Crippen LogP contribution is 2.11. The molecule has 2 aromatic rings. The highest BCUT2D eigenvalue weighted by atomic mass is 19.1. The molecule has 100 valence electrons. The van der Waals surface area contributed by atoms with Crippen molar-refractivity contribution in [1.29, 1.82) is 0 Å². The molecule has 0 spiro atoms. The van der Waals surface area contributed by atoms with Gasteiger partial charge in [-0.3, -0.25) is 4.79 Å². The molecule has 3 nitrogen and oxygen atoms in total. The van der Waals surface area contributed by atoms with Gasteiger partial charge >= 0.3 is 0 Å². The van der Waals surface area contributed by atoms with Gasteiger partial charge in [0.15, 0.2) is 0 Å². The fraction of sp³-hybridized carbons (Fsp3) is 0.286. The monoisotopic (exact) mass is 264 g/mol. The highest BCUT2D eigenvalue weighted by Gasteiger charge is 2.12. The van der Waals surface area contributed by atoms with Crippen molar-refractivity contribution in [1.82, 2.24) is 9.55 Å². The molecule has 1 aromatic carbocycles. The maximum Gasteiger partial charge on any atom is 0.144 e. The zero-order valence-corrected chi connectivity index (χ0v) is 10.6. The van der Waals surface area contributed by atoms with E-state index in [-0.39, 0.29) is 24.2 Å². The summed E-state index contributed by atoms with van der Waals surface area (Å²) in [6.45, 7) is 2.68. The highest BCUT2D eigenvalue weighted by molar-refractivity contribution is 5.82. The van der Waals surface area contributed by atoms with Crippen molar-refractivity contribution in [2.75, 3.05) is 0 Å². The molecule has 0 amide bonds. The van der Waals surface area contributed by atoms with Gasteiger partial charge in [0.2, 0.25) is 0 Å². The summed E-state index contributed by atoms with van der Waals surface area (Å²) in [7, 11) is 0. The molecular weight excluding hydrogens is 250 g/mol. The van der Waals surface area contributed by atoms with Crippen molar-refractivity contribution in [2.45, 2.75) is 26.3 Å². The minimum Gasteiger partial charge on any atom is -0.335 e. The molecule has 19 heavy (non-hydrogen) atoms. The first-order chi connectivity index (χ1) is 9.10. The molecule has 1 heterocycles.